The van der Waals surface area contributed by atoms with Crippen LogP contribution in [-0.2, 0) is 11.5 Å². The fraction of sp³-hybridized carbons (Fsp3) is 0.286. The maximum Gasteiger partial charge on any atom is 0.243 e. The van der Waals surface area contributed by atoms with E-state index in [0.29, 0.717) is 17.2 Å². The minimum Gasteiger partial charge on any atom is -0.494 e. The summed E-state index contributed by atoms with van der Waals surface area (Å²) in [4.78, 5) is 13.7. The van der Waals surface area contributed by atoms with Gasteiger partial charge in [0.05, 0.1) is 14.2 Å². The van der Waals surface area contributed by atoms with Crippen LogP contribution in [0.1, 0.15) is 0 Å². The molecule has 0 saturated heterocycles. The molecule has 112 valence electrons. The van der Waals surface area contributed by atoms with Gasteiger partial charge in [-0.15, -0.1) is 11.6 Å². The molecule has 0 unspecified atom stereocenters. The van der Waals surface area contributed by atoms with Crippen LogP contribution in [0.4, 0.5) is 5.69 Å². The molecular weight excluding hydrogens is 294 g/mol. The number of hydrogen-bond acceptors (Lipinski definition) is 4. The number of anilines is 1. The van der Waals surface area contributed by atoms with E-state index in [1.807, 2.05) is 0 Å². The first-order valence-corrected chi connectivity index (χ1v) is 6.79. The number of nitrogens with zero attached hydrogens (tertiary/aromatic N) is 3. The topological polar surface area (TPSA) is 56.6 Å². The molecule has 0 aliphatic heterocycles. The Labute approximate surface area is 127 Å². The van der Waals surface area contributed by atoms with Gasteiger partial charge in [0.15, 0.2) is 0 Å². The van der Waals surface area contributed by atoms with Crippen LogP contribution in [0.25, 0.3) is 0 Å². The molecule has 0 aliphatic carbocycles. The fourth-order valence-electron chi connectivity index (χ4n) is 1.97. The molecule has 6 nitrogen and oxygen atoms in total. The van der Waals surface area contributed by atoms with E-state index >= 15 is 0 Å². The third kappa shape index (κ3) is 3.28. The summed E-state index contributed by atoms with van der Waals surface area (Å²) in [6.45, 7) is 0.218. The summed E-state index contributed by atoms with van der Waals surface area (Å²) in [7, 11) is 3.07. The van der Waals surface area contributed by atoms with Gasteiger partial charge in [-0.3, -0.25) is 14.4 Å². The number of halogens is 1. The fourth-order valence-corrected chi connectivity index (χ4v) is 2.12. The van der Waals surface area contributed by atoms with Gasteiger partial charge in [0, 0.05) is 12.4 Å². The highest BCUT2D eigenvalue weighted by atomic mass is 35.5. The summed E-state index contributed by atoms with van der Waals surface area (Å²) in [6, 6.07) is 7.09. The molecule has 1 aromatic heterocycles. The highest BCUT2D eigenvalue weighted by Gasteiger charge is 2.23. The van der Waals surface area contributed by atoms with Gasteiger partial charge in [-0.2, -0.15) is 5.10 Å². The normalized spacial score (nSPS) is 10.2. The van der Waals surface area contributed by atoms with Crippen LogP contribution >= 0.6 is 11.6 Å². The summed E-state index contributed by atoms with van der Waals surface area (Å²) in [5.74, 6) is 0.637. The van der Waals surface area contributed by atoms with E-state index in [1.54, 1.807) is 41.3 Å². The maximum absolute atomic E-state index is 12.2. The van der Waals surface area contributed by atoms with E-state index in [0.717, 1.165) is 0 Å². The van der Waals surface area contributed by atoms with Crippen LogP contribution in [0, 0.1) is 0 Å². The first kappa shape index (κ1) is 15.2. The highest BCUT2D eigenvalue weighted by molar-refractivity contribution is 6.29. The number of benzene rings is 1. The molecule has 2 aromatic rings. The van der Waals surface area contributed by atoms with Crippen molar-refractivity contribution < 1.29 is 14.3 Å². The molecule has 0 N–H and O–H groups in total. The zero-order valence-electron chi connectivity index (χ0n) is 11.8. The van der Waals surface area contributed by atoms with Crippen molar-refractivity contribution in [1.82, 2.24) is 9.78 Å². The second-order valence-electron chi connectivity index (χ2n) is 4.15. The van der Waals surface area contributed by atoms with Crippen LogP contribution in [0.2, 0.25) is 0 Å². The van der Waals surface area contributed by atoms with E-state index in [4.69, 9.17) is 21.1 Å². The zero-order valence-corrected chi connectivity index (χ0v) is 12.6. The van der Waals surface area contributed by atoms with Crippen molar-refractivity contribution in [3.63, 3.8) is 0 Å². The van der Waals surface area contributed by atoms with E-state index in [2.05, 4.69) is 5.10 Å². The number of ether oxygens (including phenoxy) is 2. The van der Waals surface area contributed by atoms with Gasteiger partial charge >= 0.3 is 0 Å². The minimum atomic E-state index is -0.269. The molecule has 1 amide bonds. The molecule has 1 aromatic carbocycles. The second kappa shape index (κ2) is 6.99. The van der Waals surface area contributed by atoms with Crippen molar-refractivity contribution in [2.75, 3.05) is 25.0 Å². The lowest BCUT2D eigenvalue weighted by Crippen LogP contribution is -2.34. The summed E-state index contributed by atoms with van der Waals surface area (Å²) >= 11 is 5.73. The number of aromatic nitrogens is 2. The Morgan fingerprint density at radius 1 is 1.29 bits per heavy atom. The van der Waals surface area contributed by atoms with Crippen molar-refractivity contribution in [2.24, 2.45) is 0 Å². The third-order valence-corrected chi connectivity index (χ3v) is 3.16. The minimum absolute atomic E-state index is 0.150. The van der Waals surface area contributed by atoms with Crippen molar-refractivity contribution in [3.8, 4) is 11.5 Å². The predicted molar refractivity (Wildman–Crippen MR) is 80.0 cm³/mol. The Kier molecular flexibility index (Phi) is 5.05. The van der Waals surface area contributed by atoms with Crippen molar-refractivity contribution in [3.05, 3.63) is 36.7 Å². The Morgan fingerprint density at radius 2 is 1.95 bits per heavy atom. The number of hydrogen-bond donors (Lipinski definition) is 0. The van der Waals surface area contributed by atoms with E-state index in [1.165, 1.54) is 19.1 Å². The van der Waals surface area contributed by atoms with Crippen LogP contribution in [0.15, 0.2) is 36.7 Å². The Morgan fingerprint density at radius 3 is 2.43 bits per heavy atom. The van der Waals surface area contributed by atoms with Crippen molar-refractivity contribution >= 4 is 23.2 Å². The molecule has 0 bridgehead atoms. The molecular formula is C14H16ClN3O3. The van der Waals surface area contributed by atoms with Gasteiger partial charge < -0.3 is 9.47 Å². The molecule has 0 spiro atoms. The number of methoxy groups -OCH3 is 2. The second-order valence-corrected chi connectivity index (χ2v) is 4.42. The van der Waals surface area contributed by atoms with Crippen molar-refractivity contribution in [1.29, 1.82) is 0 Å². The Balaban J connectivity index is 2.47. The smallest absolute Gasteiger partial charge is 0.243 e. The first-order chi connectivity index (χ1) is 10.2. The van der Waals surface area contributed by atoms with Crippen molar-refractivity contribution in [2.45, 2.75) is 6.67 Å². The summed E-state index contributed by atoms with van der Waals surface area (Å²) < 4.78 is 12.3. The van der Waals surface area contributed by atoms with E-state index < -0.39 is 0 Å². The zero-order chi connectivity index (χ0) is 15.2. The number of amides is 1. The van der Waals surface area contributed by atoms with Crippen LogP contribution < -0.4 is 14.4 Å². The van der Waals surface area contributed by atoms with E-state index in [-0.39, 0.29) is 18.5 Å². The molecule has 0 fully saturated rings. The lowest BCUT2D eigenvalue weighted by molar-refractivity contribution is -0.116. The molecule has 2 rings (SSSR count). The summed E-state index contributed by atoms with van der Waals surface area (Å²) in [6.07, 6.45) is 3.40. The van der Waals surface area contributed by atoms with Crippen LogP contribution in [0.3, 0.4) is 0 Å². The maximum atomic E-state index is 12.2. The number of rotatable bonds is 6. The number of carbonyl (C=O) groups excluding carboxylic acids is 1. The average Bonchev–Trinajstić information content (AvgIpc) is 3.04. The van der Waals surface area contributed by atoms with E-state index in [9.17, 15) is 4.79 Å². The molecule has 0 atom stereocenters. The standard InChI is InChI=1S/C14H16ClN3O3/c1-20-11-5-3-6-12(21-2)14(11)18(13(19)9-15)10-17-8-4-7-16-17/h3-8H,9-10H2,1-2H3. The molecule has 7 heteroatoms. The van der Waals surface area contributed by atoms with Gasteiger partial charge in [0.2, 0.25) is 5.91 Å². The van der Waals surface area contributed by atoms with Gasteiger partial charge in [0.25, 0.3) is 0 Å². The predicted octanol–water partition coefficient (Wildman–Crippen LogP) is 2.13. The molecule has 1 heterocycles. The summed E-state index contributed by atoms with van der Waals surface area (Å²) in [5, 5.41) is 4.11. The number of alkyl halides is 1. The molecule has 21 heavy (non-hydrogen) atoms. The average molecular weight is 310 g/mol. The van der Waals surface area contributed by atoms with Gasteiger partial charge in [-0.1, -0.05) is 6.07 Å². The Hall–Kier alpha value is -2.21. The first-order valence-electron chi connectivity index (χ1n) is 6.26. The Bertz CT molecular complexity index is 579. The van der Waals surface area contributed by atoms with Crippen LogP contribution in [-0.4, -0.2) is 35.8 Å². The quantitative estimate of drug-likeness (QED) is 0.767. The molecule has 0 aliphatic rings. The lowest BCUT2D eigenvalue weighted by atomic mass is 10.2. The van der Waals surface area contributed by atoms with Gasteiger partial charge in [-0.05, 0) is 18.2 Å². The largest absolute Gasteiger partial charge is 0.494 e. The third-order valence-electron chi connectivity index (χ3n) is 2.93. The number of para-hydroxylation sites is 1. The van der Waals surface area contributed by atoms with Crippen LogP contribution in [0.5, 0.6) is 11.5 Å². The van der Waals surface area contributed by atoms with Gasteiger partial charge in [0.1, 0.15) is 29.7 Å². The SMILES string of the molecule is COc1cccc(OC)c1N(Cn1cccn1)C(=O)CCl. The molecule has 0 saturated carbocycles. The molecule has 0 radical (unpaired) electrons. The van der Waals surface area contributed by atoms with Gasteiger partial charge in [-0.25, -0.2) is 0 Å². The monoisotopic (exact) mass is 309 g/mol. The highest BCUT2D eigenvalue weighted by Crippen LogP contribution is 2.38. The lowest BCUT2D eigenvalue weighted by Gasteiger charge is -2.25. The summed E-state index contributed by atoms with van der Waals surface area (Å²) in [5.41, 5.74) is 0.531. The number of carbonyl (C=O) groups is 1.